The minimum Gasteiger partial charge on any atom is -0.492 e. The number of H-pyrrole nitrogens is 1. The second-order valence-electron chi connectivity index (χ2n) is 5.69. The molecule has 0 atom stereocenters. The number of benzene rings is 2. The van der Waals surface area contributed by atoms with E-state index in [1.165, 1.54) is 23.9 Å². The summed E-state index contributed by atoms with van der Waals surface area (Å²) in [5.74, 6) is 1.15. The Labute approximate surface area is 166 Å². The highest BCUT2D eigenvalue weighted by atomic mass is 32.2. The Morgan fingerprint density at radius 1 is 1.14 bits per heavy atom. The number of aromatic amines is 1. The first-order valence-electron chi connectivity index (χ1n) is 8.62. The summed E-state index contributed by atoms with van der Waals surface area (Å²) in [6.45, 7) is 0.827. The van der Waals surface area contributed by atoms with Crippen LogP contribution in [0.25, 0.3) is 12.2 Å². The van der Waals surface area contributed by atoms with E-state index in [0.29, 0.717) is 24.1 Å². The standard InChI is InChI=1S/C20H19FN4O2S/c21-16-9-6-15(7-10-16)8-11-18-23-20(25-24-18)28-14-19(26)22-12-13-27-17-4-2-1-3-5-17/h1-11H,12-14H2,(H,22,26)(H,23,24,25)/b11-8-. The van der Waals surface area contributed by atoms with Gasteiger partial charge >= 0.3 is 0 Å². The summed E-state index contributed by atoms with van der Waals surface area (Å²) < 4.78 is 18.4. The molecule has 0 aliphatic heterocycles. The summed E-state index contributed by atoms with van der Waals surface area (Å²) in [5.41, 5.74) is 0.851. The Kier molecular flexibility index (Phi) is 7.20. The normalized spacial score (nSPS) is 10.9. The Balaban J connectivity index is 1.36. The van der Waals surface area contributed by atoms with Crippen LogP contribution in [0.2, 0.25) is 0 Å². The molecule has 3 rings (SSSR count). The van der Waals surface area contributed by atoms with Crippen molar-refractivity contribution in [3.05, 3.63) is 71.8 Å². The number of para-hydroxylation sites is 1. The first kappa shape index (κ1) is 19.6. The second kappa shape index (κ2) is 10.3. The van der Waals surface area contributed by atoms with Crippen molar-refractivity contribution in [2.24, 2.45) is 0 Å². The highest BCUT2D eigenvalue weighted by molar-refractivity contribution is 7.99. The predicted octanol–water partition coefficient (Wildman–Crippen LogP) is 3.40. The van der Waals surface area contributed by atoms with Gasteiger partial charge in [-0.15, -0.1) is 5.10 Å². The summed E-state index contributed by atoms with van der Waals surface area (Å²) in [6.07, 6.45) is 3.54. The third kappa shape index (κ3) is 6.55. The lowest BCUT2D eigenvalue weighted by Crippen LogP contribution is -2.29. The average Bonchev–Trinajstić information content (AvgIpc) is 3.18. The smallest absolute Gasteiger partial charge is 0.230 e. The lowest BCUT2D eigenvalue weighted by molar-refractivity contribution is -0.118. The Hall–Kier alpha value is -3.13. The summed E-state index contributed by atoms with van der Waals surface area (Å²) in [5, 5.41) is 10.1. The van der Waals surface area contributed by atoms with E-state index in [2.05, 4.69) is 20.5 Å². The third-order valence-electron chi connectivity index (χ3n) is 3.55. The lowest BCUT2D eigenvalue weighted by Gasteiger charge is -2.06. The van der Waals surface area contributed by atoms with E-state index < -0.39 is 0 Å². The van der Waals surface area contributed by atoms with E-state index in [-0.39, 0.29) is 17.5 Å². The van der Waals surface area contributed by atoms with Gasteiger partial charge in [0.1, 0.15) is 24.0 Å². The van der Waals surface area contributed by atoms with E-state index in [0.717, 1.165) is 11.3 Å². The molecule has 0 fully saturated rings. The number of nitrogens with one attached hydrogen (secondary N) is 2. The summed E-state index contributed by atoms with van der Waals surface area (Å²) >= 11 is 1.24. The number of ether oxygens (including phenoxy) is 1. The lowest BCUT2D eigenvalue weighted by atomic mass is 10.2. The molecule has 2 aromatic carbocycles. The minimum absolute atomic E-state index is 0.116. The predicted molar refractivity (Wildman–Crippen MR) is 107 cm³/mol. The number of carbonyl (C=O) groups is 1. The van der Waals surface area contributed by atoms with Crippen molar-refractivity contribution in [1.82, 2.24) is 20.5 Å². The fraction of sp³-hybridized carbons (Fsp3) is 0.150. The molecule has 144 valence electrons. The van der Waals surface area contributed by atoms with E-state index in [9.17, 15) is 9.18 Å². The molecule has 3 aromatic rings. The van der Waals surface area contributed by atoms with Gasteiger partial charge in [0.2, 0.25) is 11.1 Å². The van der Waals surface area contributed by atoms with E-state index in [1.807, 2.05) is 30.3 Å². The molecule has 0 radical (unpaired) electrons. The highest BCUT2D eigenvalue weighted by Crippen LogP contribution is 2.13. The van der Waals surface area contributed by atoms with Crippen molar-refractivity contribution in [2.45, 2.75) is 5.16 Å². The number of amides is 1. The Morgan fingerprint density at radius 3 is 2.71 bits per heavy atom. The maximum absolute atomic E-state index is 12.9. The second-order valence-corrected chi connectivity index (χ2v) is 6.63. The molecule has 0 unspecified atom stereocenters. The van der Waals surface area contributed by atoms with Crippen molar-refractivity contribution in [3.8, 4) is 5.75 Å². The van der Waals surface area contributed by atoms with Crippen LogP contribution in [0.5, 0.6) is 5.75 Å². The van der Waals surface area contributed by atoms with Gasteiger partial charge in [-0.1, -0.05) is 48.2 Å². The molecule has 0 aliphatic carbocycles. The van der Waals surface area contributed by atoms with Crippen LogP contribution < -0.4 is 10.1 Å². The van der Waals surface area contributed by atoms with Crippen LogP contribution in [0.3, 0.4) is 0 Å². The molecular weight excluding hydrogens is 379 g/mol. The van der Waals surface area contributed by atoms with Gasteiger partial charge in [-0.3, -0.25) is 9.89 Å². The van der Waals surface area contributed by atoms with Crippen molar-refractivity contribution < 1.29 is 13.9 Å². The van der Waals surface area contributed by atoms with Crippen LogP contribution in [0.1, 0.15) is 11.4 Å². The number of rotatable bonds is 9. The third-order valence-corrected chi connectivity index (χ3v) is 4.40. The number of thioether (sulfide) groups is 1. The Morgan fingerprint density at radius 2 is 1.93 bits per heavy atom. The van der Waals surface area contributed by atoms with E-state index in [1.54, 1.807) is 24.3 Å². The summed E-state index contributed by atoms with van der Waals surface area (Å²) in [7, 11) is 0. The van der Waals surface area contributed by atoms with Crippen LogP contribution in [-0.2, 0) is 4.79 Å². The topological polar surface area (TPSA) is 79.9 Å². The number of aromatic nitrogens is 3. The zero-order valence-corrected chi connectivity index (χ0v) is 15.8. The van der Waals surface area contributed by atoms with Gasteiger partial charge in [-0.05, 0) is 35.9 Å². The summed E-state index contributed by atoms with van der Waals surface area (Å²) in [6, 6.07) is 15.6. The van der Waals surface area contributed by atoms with Crippen molar-refractivity contribution in [3.63, 3.8) is 0 Å². The molecule has 0 saturated carbocycles. The van der Waals surface area contributed by atoms with Crippen LogP contribution in [0, 0.1) is 5.82 Å². The van der Waals surface area contributed by atoms with Gasteiger partial charge in [0, 0.05) is 0 Å². The quantitative estimate of drug-likeness (QED) is 0.427. The molecule has 0 bridgehead atoms. The van der Waals surface area contributed by atoms with Gasteiger partial charge < -0.3 is 10.1 Å². The molecule has 1 amide bonds. The molecular formula is C20H19FN4O2S. The number of hydrogen-bond donors (Lipinski definition) is 2. The average molecular weight is 398 g/mol. The molecule has 28 heavy (non-hydrogen) atoms. The largest absolute Gasteiger partial charge is 0.492 e. The molecule has 8 heteroatoms. The van der Waals surface area contributed by atoms with Gasteiger partial charge in [-0.2, -0.15) is 0 Å². The molecule has 2 N–H and O–H groups in total. The molecule has 0 saturated heterocycles. The first-order chi connectivity index (χ1) is 13.7. The van der Waals surface area contributed by atoms with Gasteiger partial charge in [0.15, 0.2) is 0 Å². The zero-order chi connectivity index (χ0) is 19.6. The van der Waals surface area contributed by atoms with E-state index >= 15 is 0 Å². The van der Waals surface area contributed by atoms with Crippen LogP contribution in [0.4, 0.5) is 4.39 Å². The monoisotopic (exact) mass is 398 g/mol. The maximum atomic E-state index is 12.9. The van der Waals surface area contributed by atoms with Crippen molar-refractivity contribution >= 4 is 29.8 Å². The molecule has 0 spiro atoms. The van der Waals surface area contributed by atoms with Crippen LogP contribution in [0.15, 0.2) is 59.8 Å². The number of nitrogens with zero attached hydrogens (tertiary/aromatic N) is 2. The zero-order valence-electron chi connectivity index (χ0n) is 15.0. The van der Waals surface area contributed by atoms with Crippen molar-refractivity contribution in [2.75, 3.05) is 18.9 Å². The maximum Gasteiger partial charge on any atom is 0.230 e. The molecule has 1 heterocycles. The summed E-state index contributed by atoms with van der Waals surface area (Å²) in [4.78, 5) is 16.2. The van der Waals surface area contributed by atoms with Crippen LogP contribution >= 0.6 is 11.8 Å². The molecule has 0 aliphatic rings. The highest BCUT2D eigenvalue weighted by Gasteiger charge is 2.06. The fourth-order valence-corrected chi connectivity index (χ4v) is 2.84. The number of halogens is 1. The first-order valence-corrected chi connectivity index (χ1v) is 9.61. The minimum atomic E-state index is -0.277. The van der Waals surface area contributed by atoms with Gasteiger partial charge in [-0.25, -0.2) is 9.37 Å². The van der Waals surface area contributed by atoms with Gasteiger partial charge in [0.25, 0.3) is 0 Å². The molecule has 1 aromatic heterocycles. The van der Waals surface area contributed by atoms with Crippen LogP contribution in [-0.4, -0.2) is 40.0 Å². The fourth-order valence-electron chi connectivity index (χ4n) is 2.20. The van der Waals surface area contributed by atoms with Gasteiger partial charge in [0.05, 0.1) is 12.3 Å². The van der Waals surface area contributed by atoms with E-state index in [4.69, 9.17) is 4.74 Å². The number of carbonyl (C=O) groups excluding carboxylic acids is 1. The SMILES string of the molecule is O=C(CSc1n[nH]c(/C=C\c2ccc(F)cc2)n1)NCCOc1ccccc1. The van der Waals surface area contributed by atoms with Crippen molar-refractivity contribution in [1.29, 1.82) is 0 Å². The Bertz CT molecular complexity index is 913. The molecule has 6 nitrogen and oxygen atoms in total. The number of hydrogen-bond acceptors (Lipinski definition) is 5.